The van der Waals surface area contributed by atoms with E-state index in [1.54, 1.807) is 7.11 Å². The molecule has 6 nitrogen and oxygen atoms in total. The van der Waals surface area contributed by atoms with Gasteiger partial charge in [0.05, 0.1) is 12.8 Å². The first-order chi connectivity index (χ1) is 15.2. The molecule has 1 saturated heterocycles. The molecule has 0 aliphatic carbocycles. The van der Waals surface area contributed by atoms with E-state index in [4.69, 9.17) is 4.74 Å². The van der Waals surface area contributed by atoms with E-state index in [1.807, 2.05) is 48.9 Å². The van der Waals surface area contributed by atoms with Gasteiger partial charge in [-0.2, -0.15) is 0 Å². The second-order valence-electron chi connectivity index (χ2n) is 8.06. The lowest BCUT2D eigenvalue weighted by Crippen LogP contribution is -2.40. The highest BCUT2D eigenvalue weighted by Crippen LogP contribution is 2.21. The summed E-state index contributed by atoms with van der Waals surface area (Å²) in [5.41, 5.74) is 3.20. The summed E-state index contributed by atoms with van der Waals surface area (Å²) in [5, 5.41) is 0. The molecule has 162 valence electrons. The van der Waals surface area contributed by atoms with E-state index in [0.29, 0.717) is 6.04 Å². The van der Waals surface area contributed by atoms with Crippen LogP contribution < -0.4 is 4.74 Å². The summed E-state index contributed by atoms with van der Waals surface area (Å²) in [4.78, 5) is 18.9. The van der Waals surface area contributed by atoms with Crippen LogP contribution in [0.1, 0.15) is 31.0 Å². The lowest BCUT2D eigenvalue weighted by Gasteiger charge is -2.30. The number of nitrogens with zero attached hydrogens (tertiary/aromatic N) is 5. The highest BCUT2D eigenvalue weighted by molar-refractivity contribution is 5.55. The SMILES string of the molecule is CCN1CCCC1CN(Cc1cnc(-c2ccc(OC)cc2)nc1)Cc1ccccn1. The van der Waals surface area contributed by atoms with Gasteiger partial charge in [-0.15, -0.1) is 0 Å². The van der Waals surface area contributed by atoms with Crippen LogP contribution in [0.3, 0.4) is 0 Å². The molecule has 31 heavy (non-hydrogen) atoms. The van der Waals surface area contributed by atoms with Crippen LogP contribution in [0.25, 0.3) is 11.4 Å². The van der Waals surface area contributed by atoms with E-state index in [9.17, 15) is 0 Å². The van der Waals surface area contributed by atoms with Crippen LogP contribution in [-0.4, -0.2) is 57.5 Å². The third-order valence-electron chi connectivity index (χ3n) is 5.95. The Morgan fingerprint density at radius 2 is 1.84 bits per heavy atom. The summed E-state index contributed by atoms with van der Waals surface area (Å²) in [7, 11) is 1.67. The molecule has 0 radical (unpaired) electrons. The van der Waals surface area contributed by atoms with Crippen molar-refractivity contribution in [1.29, 1.82) is 0 Å². The van der Waals surface area contributed by atoms with Gasteiger partial charge >= 0.3 is 0 Å². The summed E-state index contributed by atoms with van der Waals surface area (Å²) in [5.74, 6) is 1.56. The lowest BCUT2D eigenvalue weighted by molar-refractivity contribution is 0.164. The van der Waals surface area contributed by atoms with Gasteiger partial charge in [0.15, 0.2) is 5.82 Å². The number of hydrogen-bond acceptors (Lipinski definition) is 6. The Morgan fingerprint density at radius 1 is 1.03 bits per heavy atom. The Labute approximate surface area is 184 Å². The van der Waals surface area contributed by atoms with Gasteiger partial charge in [-0.1, -0.05) is 13.0 Å². The number of likely N-dealkylation sites (tertiary alicyclic amines) is 1. The minimum absolute atomic E-state index is 0.605. The number of aromatic nitrogens is 3. The molecule has 3 aromatic rings. The minimum atomic E-state index is 0.605. The monoisotopic (exact) mass is 417 g/mol. The maximum atomic E-state index is 5.23. The summed E-state index contributed by atoms with van der Waals surface area (Å²) >= 11 is 0. The molecule has 2 aromatic heterocycles. The van der Waals surface area contributed by atoms with Crippen molar-refractivity contribution < 1.29 is 4.74 Å². The first-order valence-corrected chi connectivity index (χ1v) is 11.1. The standard InChI is InChI=1S/C25H31N5O/c1-3-30-14-6-8-23(30)19-29(18-22-7-4-5-13-26-22)17-20-15-27-25(28-16-20)21-9-11-24(31-2)12-10-21/h4-5,7,9-13,15-16,23H,3,6,8,14,17-19H2,1-2H3. The Hall–Kier alpha value is -2.83. The zero-order valence-corrected chi connectivity index (χ0v) is 18.4. The summed E-state index contributed by atoms with van der Waals surface area (Å²) in [6.45, 7) is 7.25. The molecular formula is C25H31N5O. The topological polar surface area (TPSA) is 54.4 Å². The van der Waals surface area contributed by atoms with Crippen molar-refractivity contribution in [3.05, 3.63) is 72.3 Å². The molecule has 0 N–H and O–H groups in total. The summed E-state index contributed by atoms with van der Waals surface area (Å²) in [6, 6.07) is 14.6. The zero-order valence-electron chi connectivity index (χ0n) is 18.4. The van der Waals surface area contributed by atoms with Crippen LogP contribution in [0.5, 0.6) is 5.75 Å². The van der Waals surface area contributed by atoms with Crippen molar-refractivity contribution in [1.82, 2.24) is 24.8 Å². The number of benzene rings is 1. The summed E-state index contributed by atoms with van der Waals surface area (Å²) in [6.07, 6.45) is 8.32. The van der Waals surface area contributed by atoms with E-state index in [0.717, 1.165) is 54.6 Å². The Bertz CT molecular complexity index is 930. The lowest BCUT2D eigenvalue weighted by atomic mass is 10.1. The molecule has 1 atom stereocenters. The number of rotatable bonds is 9. The molecule has 0 saturated carbocycles. The minimum Gasteiger partial charge on any atom is -0.497 e. The molecule has 1 unspecified atom stereocenters. The molecule has 1 fully saturated rings. The number of methoxy groups -OCH3 is 1. The zero-order chi connectivity index (χ0) is 21.5. The normalized spacial score (nSPS) is 16.7. The second-order valence-corrected chi connectivity index (χ2v) is 8.06. The molecule has 3 heterocycles. The quantitative estimate of drug-likeness (QED) is 0.524. The number of pyridine rings is 1. The van der Waals surface area contributed by atoms with Crippen LogP contribution in [0.2, 0.25) is 0 Å². The maximum absolute atomic E-state index is 5.23. The van der Waals surface area contributed by atoms with E-state index >= 15 is 0 Å². The number of hydrogen-bond donors (Lipinski definition) is 0. The molecule has 1 aromatic carbocycles. The Balaban J connectivity index is 1.47. The average molecular weight is 418 g/mol. The van der Waals surface area contributed by atoms with Gasteiger partial charge in [-0.3, -0.25) is 14.8 Å². The maximum Gasteiger partial charge on any atom is 0.159 e. The van der Waals surface area contributed by atoms with Crippen molar-refractivity contribution in [2.45, 2.75) is 38.9 Å². The first-order valence-electron chi connectivity index (χ1n) is 11.1. The van der Waals surface area contributed by atoms with Crippen molar-refractivity contribution in [2.75, 3.05) is 26.7 Å². The molecule has 0 amide bonds. The third kappa shape index (κ3) is 5.66. The smallest absolute Gasteiger partial charge is 0.159 e. The van der Waals surface area contributed by atoms with Crippen LogP contribution in [0.4, 0.5) is 0 Å². The third-order valence-corrected chi connectivity index (χ3v) is 5.95. The van der Waals surface area contributed by atoms with E-state index < -0.39 is 0 Å². The average Bonchev–Trinajstić information content (AvgIpc) is 3.27. The van der Waals surface area contributed by atoms with Crippen LogP contribution in [0.15, 0.2) is 61.1 Å². The van der Waals surface area contributed by atoms with Gasteiger partial charge in [0, 0.05) is 55.4 Å². The van der Waals surface area contributed by atoms with Crippen molar-refractivity contribution >= 4 is 0 Å². The van der Waals surface area contributed by atoms with E-state index in [2.05, 4.69) is 43.8 Å². The fourth-order valence-electron chi connectivity index (χ4n) is 4.31. The van der Waals surface area contributed by atoms with Crippen LogP contribution >= 0.6 is 0 Å². The van der Waals surface area contributed by atoms with Gasteiger partial charge in [0.2, 0.25) is 0 Å². The second kappa shape index (κ2) is 10.5. The molecule has 1 aliphatic rings. The van der Waals surface area contributed by atoms with E-state index in [1.165, 1.54) is 19.4 Å². The Morgan fingerprint density at radius 3 is 2.52 bits per heavy atom. The molecular weight excluding hydrogens is 386 g/mol. The first kappa shape index (κ1) is 21.4. The Kier molecular flexibility index (Phi) is 7.22. The predicted molar refractivity (Wildman–Crippen MR) is 123 cm³/mol. The van der Waals surface area contributed by atoms with E-state index in [-0.39, 0.29) is 0 Å². The molecule has 0 spiro atoms. The highest BCUT2D eigenvalue weighted by atomic mass is 16.5. The van der Waals surface area contributed by atoms with Crippen molar-refractivity contribution in [2.24, 2.45) is 0 Å². The largest absolute Gasteiger partial charge is 0.497 e. The predicted octanol–water partition coefficient (Wildman–Crippen LogP) is 4.03. The van der Waals surface area contributed by atoms with Crippen molar-refractivity contribution in [3.63, 3.8) is 0 Å². The summed E-state index contributed by atoms with van der Waals surface area (Å²) < 4.78 is 5.23. The van der Waals surface area contributed by atoms with Crippen molar-refractivity contribution in [3.8, 4) is 17.1 Å². The molecule has 1 aliphatic heterocycles. The fraction of sp³-hybridized carbons (Fsp3) is 0.400. The fourth-order valence-corrected chi connectivity index (χ4v) is 4.31. The molecule has 0 bridgehead atoms. The van der Waals surface area contributed by atoms with Gasteiger partial charge in [-0.25, -0.2) is 9.97 Å². The van der Waals surface area contributed by atoms with Gasteiger partial charge in [0.25, 0.3) is 0 Å². The van der Waals surface area contributed by atoms with Crippen LogP contribution in [0, 0.1) is 0 Å². The van der Waals surface area contributed by atoms with Gasteiger partial charge < -0.3 is 4.74 Å². The highest BCUT2D eigenvalue weighted by Gasteiger charge is 2.25. The van der Waals surface area contributed by atoms with Gasteiger partial charge in [0.1, 0.15) is 5.75 Å². The number of likely N-dealkylation sites (N-methyl/N-ethyl adjacent to an activating group) is 1. The van der Waals surface area contributed by atoms with Crippen LogP contribution in [-0.2, 0) is 13.1 Å². The van der Waals surface area contributed by atoms with Gasteiger partial charge in [-0.05, 0) is 62.3 Å². The molecule has 6 heteroatoms. The molecule has 4 rings (SSSR count). The number of ether oxygens (including phenoxy) is 1.